The van der Waals surface area contributed by atoms with Gasteiger partial charge in [-0.3, -0.25) is 9.97 Å². The van der Waals surface area contributed by atoms with Gasteiger partial charge in [0.25, 0.3) is 0 Å². The van der Waals surface area contributed by atoms with E-state index in [0.29, 0.717) is 0 Å². The summed E-state index contributed by atoms with van der Waals surface area (Å²) in [6.45, 7) is 4.12. The Bertz CT molecular complexity index is 441. The number of hydrogen-bond acceptors (Lipinski definition) is 2. The Morgan fingerprint density at radius 1 is 0.933 bits per heavy atom. The van der Waals surface area contributed by atoms with Crippen LogP contribution in [0.15, 0.2) is 36.8 Å². The summed E-state index contributed by atoms with van der Waals surface area (Å²) in [5.74, 6) is 0. The molecule has 2 rings (SSSR count). The highest BCUT2D eigenvalue weighted by molar-refractivity contribution is 14.0. The van der Waals surface area contributed by atoms with Crippen molar-refractivity contribution in [2.24, 2.45) is 0 Å². The first-order valence-electron chi connectivity index (χ1n) is 4.61. The molecule has 0 aliphatic heterocycles. The van der Waals surface area contributed by atoms with Crippen molar-refractivity contribution < 1.29 is 0 Å². The Labute approximate surface area is 107 Å². The second-order valence-electron chi connectivity index (χ2n) is 3.30. The molecule has 15 heavy (non-hydrogen) atoms. The molecule has 0 saturated heterocycles. The molecule has 2 nitrogen and oxygen atoms in total. The normalized spacial score (nSPS) is 9.47. The Morgan fingerprint density at radius 3 is 2.27 bits per heavy atom. The predicted molar refractivity (Wildman–Crippen MR) is 72.4 cm³/mol. The molecule has 0 fully saturated rings. The minimum absolute atomic E-state index is 0. The molecule has 2 aromatic rings. The molecule has 0 radical (unpaired) electrons. The molecule has 0 amide bonds. The lowest BCUT2D eigenvalue weighted by Crippen LogP contribution is -1.90. The van der Waals surface area contributed by atoms with Crippen LogP contribution in [0.25, 0.3) is 11.1 Å². The smallest absolute Gasteiger partial charge is 0.0407 e. The van der Waals surface area contributed by atoms with Gasteiger partial charge in [-0.1, -0.05) is 0 Å². The zero-order valence-electron chi connectivity index (χ0n) is 8.77. The van der Waals surface area contributed by atoms with Gasteiger partial charge in [0.1, 0.15) is 0 Å². The minimum Gasteiger partial charge on any atom is -0.265 e. The maximum atomic E-state index is 4.25. The van der Waals surface area contributed by atoms with Gasteiger partial charge in [0.05, 0.1) is 0 Å². The minimum atomic E-state index is 0. The van der Waals surface area contributed by atoms with Crippen molar-refractivity contribution in [3.63, 3.8) is 0 Å². The van der Waals surface area contributed by atoms with Crippen molar-refractivity contribution in [2.45, 2.75) is 13.8 Å². The van der Waals surface area contributed by atoms with E-state index in [9.17, 15) is 0 Å². The van der Waals surface area contributed by atoms with Crippen molar-refractivity contribution in [2.75, 3.05) is 0 Å². The van der Waals surface area contributed by atoms with Gasteiger partial charge in [0, 0.05) is 24.3 Å². The molecule has 2 heterocycles. The van der Waals surface area contributed by atoms with Gasteiger partial charge in [-0.2, -0.15) is 0 Å². The molecule has 0 bridgehead atoms. The zero-order valence-corrected chi connectivity index (χ0v) is 11.1. The van der Waals surface area contributed by atoms with Gasteiger partial charge >= 0.3 is 0 Å². The molecule has 0 atom stereocenters. The van der Waals surface area contributed by atoms with Crippen molar-refractivity contribution in [3.8, 4) is 11.1 Å². The lowest BCUT2D eigenvalue weighted by molar-refractivity contribution is 1.15. The van der Waals surface area contributed by atoms with Gasteiger partial charge in [-0.25, -0.2) is 0 Å². The molecule has 0 aliphatic carbocycles. The summed E-state index contributed by atoms with van der Waals surface area (Å²) < 4.78 is 0. The van der Waals surface area contributed by atoms with Crippen LogP contribution in [0.3, 0.4) is 0 Å². The van der Waals surface area contributed by atoms with E-state index < -0.39 is 0 Å². The van der Waals surface area contributed by atoms with E-state index in [1.165, 1.54) is 16.7 Å². The van der Waals surface area contributed by atoms with Crippen LogP contribution in [0.1, 0.15) is 11.3 Å². The highest BCUT2D eigenvalue weighted by Gasteiger charge is 2.02. The SMILES string of the molecule is Cc1nccc(-c2ccncc2)c1C.I. The van der Waals surface area contributed by atoms with E-state index in [0.717, 1.165) is 5.69 Å². The van der Waals surface area contributed by atoms with Crippen LogP contribution in [0, 0.1) is 13.8 Å². The first-order chi connectivity index (χ1) is 6.79. The Kier molecular flexibility index (Phi) is 4.20. The zero-order chi connectivity index (χ0) is 9.97. The average Bonchev–Trinajstić information content (AvgIpc) is 2.23. The summed E-state index contributed by atoms with van der Waals surface area (Å²) in [4.78, 5) is 8.26. The molecule has 0 saturated carbocycles. The molecule has 0 N–H and O–H groups in total. The summed E-state index contributed by atoms with van der Waals surface area (Å²) in [5.41, 5.74) is 4.75. The van der Waals surface area contributed by atoms with Gasteiger partial charge in [-0.05, 0) is 48.7 Å². The molecule has 0 aliphatic rings. The number of aryl methyl sites for hydroxylation is 1. The van der Waals surface area contributed by atoms with Gasteiger partial charge in [-0.15, -0.1) is 24.0 Å². The van der Waals surface area contributed by atoms with E-state index >= 15 is 0 Å². The molecule has 0 aromatic carbocycles. The fraction of sp³-hybridized carbons (Fsp3) is 0.167. The second-order valence-corrected chi connectivity index (χ2v) is 3.30. The third-order valence-corrected chi connectivity index (χ3v) is 2.45. The van der Waals surface area contributed by atoms with Gasteiger partial charge in [0.2, 0.25) is 0 Å². The Morgan fingerprint density at radius 2 is 1.60 bits per heavy atom. The van der Waals surface area contributed by atoms with Crippen molar-refractivity contribution >= 4 is 24.0 Å². The van der Waals surface area contributed by atoms with Crippen molar-refractivity contribution in [1.82, 2.24) is 9.97 Å². The van der Waals surface area contributed by atoms with E-state index in [1.807, 2.05) is 43.7 Å². The number of halogens is 1. The fourth-order valence-electron chi connectivity index (χ4n) is 1.48. The Balaban J connectivity index is 0.00000112. The fourth-order valence-corrected chi connectivity index (χ4v) is 1.48. The second kappa shape index (κ2) is 5.21. The van der Waals surface area contributed by atoms with E-state index in [1.54, 1.807) is 0 Å². The van der Waals surface area contributed by atoms with Crippen LogP contribution in [0.4, 0.5) is 0 Å². The summed E-state index contributed by atoms with van der Waals surface area (Å²) >= 11 is 0. The summed E-state index contributed by atoms with van der Waals surface area (Å²) in [6, 6.07) is 6.07. The molecule has 78 valence electrons. The standard InChI is InChI=1S/C12H12N2.HI/c1-9-10(2)14-8-5-12(9)11-3-6-13-7-4-11;/h3-8H,1-2H3;1H. The number of pyridine rings is 2. The number of hydrogen-bond donors (Lipinski definition) is 0. The quantitative estimate of drug-likeness (QED) is 0.755. The first-order valence-corrected chi connectivity index (χ1v) is 4.61. The first kappa shape index (κ1) is 12.1. The largest absolute Gasteiger partial charge is 0.265 e. The van der Waals surface area contributed by atoms with E-state index in [4.69, 9.17) is 0 Å². The van der Waals surface area contributed by atoms with Crippen LogP contribution < -0.4 is 0 Å². The third-order valence-electron chi connectivity index (χ3n) is 2.45. The highest BCUT2D eigenvalue weighted by Crippen LogP contribution is 2.22. The number of nitrogens with zero attached hydrogens (tertiary/aromatic N) is 2. The van der Waals surface area contributed by atoms with Gasteiger partial charge < -0.3 is 0 Å². The lowest BCUT2D eigenvalue weighted by Gasteiger charge is -2.06. The van der Waals surface area contributed by atoms with Crippen LogP contribution in [0.2, 0.25) is 0 Å². The Hall–Kier alpha value is -0.970. The highest BCUT2D eigenvalue weighted by atomic mass is 127. The third kappa shape index (κ3) is 2.53. The lowest BCUT2D eigenvalue weighted by atomic mass is 10.0. The van der Waals surface area contributed by atoms with E-state index in [-0.39, 0.29) is 24.0 Å². The summed E-state index contributed by atoms with van der Waals surface area (Å²) in [5, 5.41) is 0. The summed E-state index contributed by atoms with van der Waals surface area (Å²) in [6.07, 6.45) is 5.47. The molecule has 2 aromatic heterocycles. The maximum absolute atomic E-state index is 4.25. The molecule has 3 heteroatoms. The topological polar surface area (TPSA) is 25.8 Å². The molecule has 0 unspecified atom stereocenters. The van der Waals surface area contributed by atoms with Crippen LogP contribution in [-0.2, 0) is 0 Å². The predicted octanol–water partition coefficient (Wildman–Crippen LogP) is 3.38. The van der Waals surface area contributed by atoms with Gasteiger partial charge in [0.15, 0.2) is 0 Å². The maximum Gasteiger partial charge on any atom is 0.0407 e. The molecular weight excluding hydrogens is 299 g/mol. The molecular formula is C12H13IN2. The summed E-state index contributed by atoms with van der Waals surface area (Å²) in [7, 11) is 0. The van der Waals surface area contributed by atoms with E-state index in [2.05, 4.69) is 16.9 Å². The van der Waals surface area contributed by atoms with Crippen LogP contribution in [-0.4, -0.2) is 9.97 Å². The van der Waals surface area contributed by atoms with Crippen LogP contribution >= 0.6 is 24.0 Å². The van der Waals surface area contributed by atoms with Crippen LogP contribution in [0.5, 0.6) is 0 Å². The monoisotopic (exact) mass is 312 g/mol. The number of rotatable bonds is 1. The average molecular weight is 312 g/mol. The van der Waals surface area contributed by atoms with Crippen molar-refractivity contribution in [1.29, 1.82) is 0 Å². The number of aromatic nitrogens is 2. The molecule has 0 spiro atoms. The van der Waals surface area contributed by atoms with Crippen molar-refractivity contribution in [3.05, 3.63) is 48.0 Å².